The van der Waals surface area contributed by atoms with Gasteiger partial charge in [-0.1, -0.05) is 41.9 Å². The number of nitrogens with two attached hydrogens (primary N) is 1. The summed E-state index contributed by atoms with van der Waals surface area (Å²) in [5.41, 5.74) is 8.11. The molecule has 0 aliphatic heterocycles. The van der Waals surface area contributed by atoms with Gasteiger partial charge in [0.2, 0.25) is 0 Å². The van der Waals surface area contributed by atoms with Crippen molar-refractivity contribution in [1.82, 2.24) is 29.6 Å². The van der Waals surface area contributed by atoms with Crippen molar-refractivity contribution in [3.63, 3.8) is 0 Å². The number of para-hydroxylation sites is 1. The Bertz CT molecular complexity index is 1660. The molecule has 0 fully saturated rings. The van der Waals surface area contributed by atoms with E-state index in [2.05, 4.69) is 20.4 Å². The third-order valence-corrected chi connectivity index (χ3v) is 6.16. The van der Waals surface area contributed by atoms with Crippen LogP contribution in [-0.4, -0.2) is 30.2 Å². The maximum Gasteiger partial charge on any atom is 0.274 e. The predicted octanol–water partition coefficient (Wildman–Crippen LogP) is 3.91. The van der Waals surface area contributed by atoms with Crippen LogP contribution in [0.3, 0.4) is 0 Å². The molecule has 5 rings (SSSR count). The number of benzene rings is 2. The van der Waals surface area contributed by atoms with Crippen molar-refractivity contribution in [2.75, 3.05) is 5.73 Å². The summed E-state index contributed by atoms with van der Waals surface area (Å²) in [6.07, 6.45) is 4.89. The number of halogens is 1. The molecule has 5 aromatic rings. The molecule has 1 amide bonds. The summed E-state index contributed by atoms with van der Waals surface area (Å²) < 4.78 is 3.18. The molecule has 1 atom stereocenters. The number of nitrogen functional groups attached to an aromatic ring is 1. The van der Waals surface area contributed by atoms with Crippen LogP contribution in [0.15, 0.2) is 78.0 Å². The zero-order valence-corrected chi connectivity index (χ0v) is 20.3. The van der Waals surface area contributed by atoms with Crippen LogP contribution in [0, 0.1) is 0 Å². The average molecular weight is 500 g/mol. The molecule has 0 unspecified atom stereocenters. The molecule has 0 bridgehead atoms. The Morgan fingerprint density at radius 2 is 1.89 bits per heavy atom. The fourth-order valence-electron chi connectivity index (χ4n) is 4.10. The van der Waals surface area contributed by atoms with Gasteiger partial charge in [0, 0.05) is 30.2 Å². The van der Waals surface area contributed by atoms with Gasteiger partial charge in [-0.25, -0.2) is 9.97 Å². The van der Waals surface area contributed by atoms with Crippen molar-refractivity contribution in [2.45, 2.75) is 13.0 Å². The van der Waals surface area contributed by atoms with Gasteiger partial charge in [0.05, 0.1) is 34.5 Å². The molecule has 0 radical (unpaired) electrons. The molecule has 9 nitrogen and oxygen atoms in total. The van der Waals surface area contributed by atoms with Gasteiger partial charge in [-0.15, -0.1) is 0 Å². The lowest BCUT2D eigenvalue weighted by Crippen LogP contribution is -2.33. The van der Waals surface area contributed by atoms with Crippen LogP contribution >= 0.6 is 11.6 Å². The van der Waals surface area contributed by atoms with Crippen molar-refractivity contribution in [2.24, 2.45) is 7.05 Å². The normalized spacial score (nSPS) is 12.0. The number of anilines is 1. The molecule has 3 N–H and O–H groups in total. The summed E-state index contributed by atoms with van der Waals surface area (Å²) in [6, 6.07) is 15.7. The van der Waals surface area contributed by atoms with E-state index in [1.54, 1.807) is 47.7 Å². The van der Waals surface area contributed by atoms with Crippen molar-refractivity contribution in [3.05, 3.63) is 100.0 Å². The number of nitrogens with zero attached hydrogens (tertiary/aromatic N) is 5. The zero-order valence-electron chi connectivity index (χ0n) is 19.5. The largest absolute Gasteiger partial charge is 0.382 e. The minimum absolute atomic E-state index is 0.00177. The third-order valence-electron chi connectivity index (χ3n) is 5.85. The first-order valence-corrected chi connectivity index (χ1v) is 11.5. The maximum absolute atomic E-state index is 13.6. The van der Waals surface area contributed by atoms with Crippen molar-refractivity contribution in [1.29, 1.82) is 0 Å². The number of rotatable bonds is 5. The number of nitrogens with one attached hydrogen (secondary N) is 1. The zero-order chi connectivity index (χ0) is 25.4. The van der Waals surface area contributed by atoms with Crippen LogP contribution in [0.5, 0.6) is 0 Å². The Morgan fingerprint density at radius 1 is 1.11 bits per heavy atom. The highest BCUT2D eigenvalue weighted by Gasteiger charge is 2.22. The van der Waals surface area contributed by atoms with Gasteiger partial charge in [-0.3, -0.25) is 18.8 Å². The monoisotopic (exact) mass is 499 g/mol. The standard InChI is InChI=1S/C26H22ClN7O2/c1-15(31-25(35)23-24(28)29-13-20(32-23)17-12-30-33(2)14-17)21-11-16-7-6-10-19(27)22(16)26(36)34(21)18-8-4-3-5-9-18/h3-15H,1-2H3,(H2,28,29)(H,31,35)/t15-/m0/s1. The lowest BCUT2D eigenvalue weighted by Gasteiger charge is -2.21. The SMILES string of the molecule is C[C@H](NC(=O)c1nc(-c2cnn(C)c2)cnc1N)c1cc2cccc(Cl)c2c(=O)n1-c1ccccc1. The molecule has 0 aliphatic carbocycles. The van der Waals surface area contributed by atoms with E-state index >= 15 is 0 Å². The Kier molecular flexibility index (Phi) is 5.99. The van der Waals surface area contributed by atoms with Crippen LogP contribution in [0.1, 0.15) is 29.1 Å². The van der Waals surface area contributed by atoms with Crippen molar-refractivity contribution < 1.29 is 4.79 Å². The van der Waals surface area contributed by atoms with Gasteiger partial charge in [0.1, 0.15) is 0 Å². The van der Waals surface area contributed by atoms with Crippen LogP contribution in [0.2, 0.25) is 5.02 Å². The molecular formula is C26H22ClN7O2. The summed E-state index contributed by atoms with van der Waals surface area (Å²) in [4.78, 5) is 35.4. The van der Waals surface area contributed by atoms with E-state index in [1.165, 1.54) is 6.20 Å². The van der Waals surface area contributed by atoms with Crippen LogP contribution < -0.4 is 16.6 Å². The molecule has 36 heavy (non-hydrogen) atoms. The average Bonchev–Trinajstić information content (AvgIpc) is 3.30. The highest BCUT2D eigenvalue weighted by atomic mass is 35.5. The summed E-state index contributed by atoms with van der Waals surface area (Å²) in [7, 11) is 1.78. The van der Waals surface area contributed by atoms with E-state index in [0.717, 1.165) is 0 Å². The molecular weight excluding hydrogens is 478 g/mol. The molecule has 10 heteroatoms. The number of fused-ring (bicyclic) bond motifs is 1. The topological polar surface area (TPSA) is 121 Å². The van der Waals surface area contributed by atoms with E-state index < -0.39 is 11.9 Å². The lowest BCUT2D eigenvalue weighted by molar-refractivity contribution is 0.0934. The van der Waals surface area contributed by atoms with Gasteiger partial charge < -0.3 is 11.1 Å². The van der Waals surface area contributed by atoms with E-state index in [1.807, 2.05) is 42.5 Å². The molecule has 0 saturated heterocycles. The summed E-state index contributed by atoms with van der Waals surface area (Å²) in [5, 5.41) is 8.49. The Labute approximate surface area is 211 Å². The van der Waals surface area contributed by atoms with Gasteiger partial charge in [0.25, 0.3) is 11.5 Å². The summed E-state index contributed by atoms with van der Waals surface area (Å²) >= 11 is 6.38. The van der Waals surface area contributed by atoms with Crippen LogP contribution in [-0.2, 0) is 7.05 Å². The first-order valence-electron chi connectivity index (χ1n) is 11.2. The first-order chi connectivity index (χ1) is 17.3. The Balaban J connectivity index is 1.57. The second kappa shape index (κ2) is 9.27. The molecule has 0 saturated carbocycles. The molecule has 180 valence electrons. The number of pyridine rings is 1. The minimum Gasteiger partial charge on any atom is -0.382 e. The van der Waals surface area contributed by atoms with E-state index in [-0.39, 0.29) is 17.1 Å². The molecule has 2 aromatic carbocycles. The minimum atomic E-state index is -0.586. The number of aromatic nitrogens is 5. The van der Waals surface area contributed by atoms with Gasteiger partial charge in [0.15, 0.2) is 11.5 Å². The van der Waals surface area contributed by atoms with Gasteiger partial charge in [-0.2, -0.15) is 5.10 Å². The molecule has 3 heterocycles. The summed E-state index contributed by atoms with van der Waals surface area (Å²) in [6.45, 7) is 1.79. The quantitative estimate of drug-likeness (QED) is 0.378. The number of amides is 1. The van der Waals surface area contributed by atoms with Crippen molar-refractivity contribution in [3.8, 4) is 16.9 Å². The fourth-order valence-corrected chi connectivity index (χ4v) is 4.36. The Morgan fingerprint density at radius 3 is 2.61 bits per heavy atom. The highest BCUT2D eigenvalue weighted by molar-refractivity contribution is 6.35. The fraction of sp³-hybridized carbons (Fsp3) is 0.115. The van der Waals surface area contributed by atoms with E-state index in [4.69, 9.17) is 17.3 Å². The smallest absolute Gasteiger partial charge is 0.274 e. The van der Waals surface area contributed by atoms with Crippen molar-refractivity contribution >= 4 is 34.1 Å². The number of hydrogen-bond donors (Lipinski definition) is 2. The highest BCUT2D eigenvalue weighted by Crippen LogP contribution is 2.26. The molecule has 0 spiro atoms. The number of hydrogen-bond acceptors (Lipinski definition) is 6. The second-order valence-corrected chi connectivity index (χ2v) is 8.74. The number of carbonyl (C=O) groups excluding carboxylic acids is 1. The number of carbonyl (C=O) groups is 1. The molecule has 3 aromatic heterocycles. The van der Waals surface area contributed by atoms with E-state index in [9.17, 15) is 9.59 Å². The van der Waals surface area contributed by atoms with Gasteiger partial charge in [-0.05, 0) is 36.6 Å². The lowest BCUT2D eigenvalue weighted by atomic mass is 10.1. The predicted molar refractivity (Wildman–Crippen MR) is 139 cm³/mol. The third kappa shape index (κ3) is 4.20. The first kappa shape index (κ1) is 23.3. The number of aryl methyl sites for hydroxylation is 1. The summed E-state index contributed by atoms with van der Waals surface area (Å²) in [5.74, 6) is -0.519. The Hall–Kier alpha value is -4.50. The van der Waals surface area contributed by atoms with E-state index in [0.29, 0.717) is 38.4 Å². The maximum atomic E-state index is 13.6. The van der Waals surface area contributed by atoms with Gasteiger partial charge >= 0.3 is 0 Å². The van der Waals surface area contributed by atoms with Crippen LogP contribution in [0.4, 0.5) is 5.82 Å². The molecule has 0 aliphatic rings. The van der Waals surface area contributed by atoms with Crippen LogP contribution in [0.25, 0.3) is 27.7 Å². The second-order valence-electron chi connectivity index (χ2n) is 8.34.